The third-order valence-corrected chi connectivity index (χ3v) is 4.92. The smallest absolute Gasteiger partial charge is 0.474 e. The van der Waals surface area contributed by atoms with Gasteiger partial charge in [0.25, 0.3) is 17.4 Å². The van der Waals surface area contributed by atoms with Crippen molar-refractivity contribution in [1.29, 1.82) is 0 Å². The number of benzene rings is 1. The highest BCUT2D eigenvalue weighted by Gasteiger charge is 2.32. The maximum atomic E-state index is 14.5. The van der Waals surface area contributed by atoms with Crippen LogP contribution in [0.5, 0.6) is 5.75 Å². The molecule has 0 saturated heterocycles. The molecule has 1 aromatic carbocycles. The van der Waals surface area contributed by atoms with Gasteiger partial charge in [0.15, 0.2) is 5.69 Å². The second-order valence-corrected chi connectivity index (χ2v) is 7.99. The molecule has 0 aliphatic carbocycles. The van der Waals surface area contributed by atoms with Crippen LogP contribution in [0.15, 0.2) is 53.6 Å². The summed E-state index contributed by atoms with van der Waals surface area (Å²) >= 11 is 0. The van der Waals surface area contributed by atoms with E-state index < -0.39 is 60.9 Å². The van der Waals surface area contributed by atoms with E-state index in [1.54, 1.807) is 0 Å². The third-order valence-electron chi connectivity index (χ3n) is 4.92. The highest BCUT2D eigenvalue weighted by Crippen LogP contribution is 2.24. The van der Waals surface area contributed by atoms with Crippen molar-refractivity contribution in [2.75, 3.05) is 5.32 Å². The number of alkyl halides is 5. The summed E-state index contributed by atoms with van der Waals surface area (Å²) < 4.78 is 71.5. The molecule has 0 fully saturated rings. The number of hydrogen-bond acceptors (Lipinski definition) is 7. The predicted molar refractivity (Wildman–Crippen MR) is 121 cm³/mol. The van der Waals surface area contributed by atoms with Crippen LogP contribution >= 0.6 is 0 Å². The molecule has 3 rings (SSSR count). The number of ether oxygens (including phenoxy) is 1. The molecule has 3 N–H and O–H groups in total. The first-order valence-corrected chi connectivity index (χ1v) is 10.9. The third kappa shape index (κ3) is 8.90. The van der Waals surface area contributed by atoms with E-state index in [1.165, 1.54) is 18.2 Å². The number of amides is 2. The molecule has 0 radical (unpaired) electrons. The Morgan fingerprint density at radius 3 is 2.49 bits per heavy atom. The Bertz CT molecular complexity index is 1420. The Kier molecular flexibility index (Phi) is 8.62. The number of aromatic nitrogens is 4. The number of carboxylic acid groups (broad SMARTS) is 1. The second kappa shape index (κ2) is 11.7. The average Bonchev–Trinajstić information content (AvgIpc) is 3.29. The number of carbonyl (C=O) groups is 3. The summed E-state index contributed by atoms with van der Waals surface area (Å²) in [6, 6.07) is 6.92. The SMILES string of the molecule is O=C(O)C(=O)Nc1ccn(CCC(F)(F)Cn2cc(C(=O)NCc3cccc(OC(F)(F)F)c3)nn2)c(=O)c1. The molecule has 3 aromatic rings. The normalized spacial score (nSPS) is 11.6. The molecule has 2 heterocycles. The lowest BCUT2D eigenvalue weighted by atomic mass is 10.2. The van der Waals surface area contributed by atoms with Gasteiger partial charge in [-0.3, -0.25) is 14.4 Å². The molecule has 0 saturated carbocycles. The van der Waals surface area contributed by atoms with Crippen LogP contribution in [0.1, 0.15) is 22.5 Å². The molecule has 208 valence electrons. The van der Waals surface area contributed by atoms with Gasteiger partial charge in [0.05, 0.1) is 6.20 Å². The van der Waals surface area contributed by atoms with Gasteiger partial charge in [-0.1, -0.05) is 17.3 Å². The van der Waals surface area contributed by atoms with Gasteiger partial charge in [0.1, 0.15) is 12.3 Å². The van der Waals surface area contributed by atoms with E-state index in [0.717, 1.165) is 39.8 Å². The fourth-order valence-electron chi connectivity index (χ4n) is 3.16. The summed E-state index contributed by atoms with van der Waals surface area (Å²) in [7, 11) is 0. The van der Waals surface area contributed by atoms with E-state index >= 15 is 0 Å². The number of anilines is 1. The van der Waals surface area contributed by atoms with Crippen LogP contribution in [0.25, 0.3) is 0 Å². The van der Waals surface area contributed by atoms with Crippen molar-refractivity contribution in [2.24, 2.45) is 0 Å². The van der Waals surface area contributed by atoms with E-state index in [1.807, 2.05) is 5.32 Å². The molecule has 2 amide bonds. The van der Waals surface area contributed by atoms with Crippen LogP contribution in [-0.4, -0.2) is 54.7 Å². The number of rotatable bonds is 10. The number of carboxylic acids is 1. The number of nitrogens with zero attached hydrogens (tertiary/aromatic N) is 4. The van der Waals surface area contributed by atoms with Crippen LogP contribution in [0.3, 0.4) is 0 Å². The molecule has 0 aliphatic heterocycles. The van der Waals surface area contributed by atoms with Crippen LogP contribution in [0.4, 0.5) is 27.6 Å². The number of carbonyl (C=O) groups excluding carboxylic acids is 2. The number of halogens is 5. The maximum absolute atomic E-state index is 14.5. The summed E-state index contributed by atoms with van der Waals surface area (Å²) in [4.78, 5) is 46.0. The second-order valence-electron chi connectivity index (χ2n) is 7.99. The van der Waals surface area contributed by atoms with Crippen molar-refractivity contribution in [3.63, 3.8) is 0 Å². The number of pyridine rings is 1. The quantitative estimate of drug-likeness (QED) is 0.252. The number of nitrogens with one attached hydrogen (secondary N) is 2. The van der Waals surface area contributed by atoms with Crippen molar-refractivity contribution in [3.8, 4) is 5.75 Å². The monoisotopic (exact) mass is 558 g/mol. The van der Waals surface area contributed by atoms with Gasteiger partial charge in [-0.05, 0) is 23.8 Å². The Morgan fingerprint density at radius 2 is 1.82 bits per heavy atom. The molecule has 0 unspecified atom stereocenters. The molecule has 17 heteroatoms. The predicted octanol–water partition coefficient (Wildman–Crippen LogP) is 2.02. The van der Waals surface area contributed by atoms with Gasteiger partial charge in [0, 0.05) is 37.5 Å². The Labute approximate surface area is 215 Å². The minimum atomic E-state index is -4.88. The average molecular weight is 558 g/mol. The van der Waals surface area contributed by atoms with E-state index in [9.17, 15) is 41.1 Å². The van der Waals surface area contributed by atoms with Crippen molar-refractivity contribution < 1.29 is 46.2 Å². The molecule has 39 heavy (non-hydrogen) atoms. The van der Waals surface area contributed by atoms with Gasteiger partial charge in [0.2, 0.25) is 0 Å². The highest BCUT2D eigenvalue weighted by molar-refractivity contribution is 6.36. The summed E-state index contributed by atoms with van der Waals surface area (Å²) in [6.07, 6.45) is -3.63. The van der Waals surface area contributed by atoms with Crippen LogP contribution < -0.4 is 20.9 Å². The van der Waals surface area contributed by atoms with Gasteiger partial charge in [-0.25, -0.2) is 18.3 Å². The Morgan fingerprint density at radius 1 is 1.08 bits per heavy atom. The molecule has 12 nitrogen and oxygen atoms in total. The summed E-state index contributed by atoms with van der Waals surface area (Å²) in [5, 5.41) is 19.9. The molecule has 0 atom stereocenters. The van der Waals surface area contributed by atoms with Crippen LogP contribution in [0, 0.1) is 0 Å². The van der Waals surface area contributed by atoms with E-state index in [4.69, 9.17) is 5.11 Å². The van der Waals surface area contributed by atoms with Crippen LogP contribution in [0.2, 0.25) is 0 Å². The maximum Gasteiger partial charge on any atom is 0.573 e. The minimum Gasteiger partial charge on any atom is -0.474 e. The fourth-order valence-corrected chi connectivity index (χ4v) is 3.16. The van der Waals surface area contributed by atoms with Gasteiger partial charge in [-0.2, -0.15) is 0 Å². The molecule has 0 bridgehead atoms. The summed E-state index contributed by atoms with van der Waals surface area (Å²) in [6.45, 7) is -1.62. The fraction of sp³-hybridized carbons (Fsp3) is 0.273. The number of aryl methyl sites for hydroxylation is 1. The molecular formula is C22H19F5N6O6. The lowest BCUT2D eigenvalue weighted by Crippen LogP contribution is -2.29. The van der Waals surface area contributed by atoms with Gasteiger partial charge >= 0.3 is 18.2 Å². The number of hydrogen-bond donors (Lipinski definition) is 3. The zero-order valence-electron chi connectivity index (χ0n) is 19.6. The van der Waals surface area contributed by atoms with Crippen molar-refractivity contribution in [3.05, 3.63) is 70.4 Å². The molecular weight excluding hydrogens is 539 g/mol. The standard InChI is InChI=1S/C22H19F5N6O6/c23-21(24,5-7-32-6-4-14(9-17(32)34)29-19(36)20(37)38)12-33-11-16(30-31-33)18(35)28-10-13-2-1-3-15(8-13)39-22(25,26)27/h1-4,6,8-9,11H,5,7,10,12H2,(H,28,35)(H,29,36)(H,37,38). The first kappa shape index (κ1) is 28.7. The van der Waals surface area contributed by atoms with Crippen molar-refractivity contribution in [2.45, 2.75) is 38.3 Å². The zero-order chi connectivity index (χ0) is 28.8. The van der Waals surface area contributed by atoms with E-state index in [0.29, 0.717) is 0 Å². The topological polar surface area (TPSA) is 157 Å². The largest absolute Gasteiger partial charge is 0.573 e. The van der Waals surface area contributed by atoms with Gasteiger partial charge < -0.3 is 25.0 Å². The first-order chi connectivity index (χ1) is 18.2. The lowest BCUT2D eigenvalue weighted by Gasteiger charge is -2.16. The Balaban J connectivity index is 1.53. The van der Waals surface area contributed by atoms with Crippen molar-refractivity contribution in [1.82, 2.24) is 24.9 Å². The molecule has 0 aliphatic rings. The van der Waals surface area contributed by atoms with E-state index in [2.05, 4.69) is 20.4 Å². The Hall–Kier alpha value is -4.83. The lowest BCUT2D eigenvalue weighted by molar-refractivity contribution is -0.274. The van der Waals surface area contributed by atoms with Crippen LogP contribution in [-0.2, 0) is 29.2 Å². The van der Waals surface area contributed by atoms with Gasteiger partial charge in [-0.15, -0.1) is 18.3 Å². The highest BCUT2D eigenvalue weighted by atomic mass is 19.4. The number of aliphatic carboxylic acids is 1. The first-order valence-electron chi connectivity index (χ1n) is 10.9. The molecule has 0 spiro atoms. The van der Waals surface area contributed by atoms with Crippen molar-refractivity contribution >= 4 is 23.5 Å². The molecule has 2 aromatic heterocycles. The minimum absolute atomic E-state index is 0.119. The summed E-state index contributed by atoms with van der Waals surface area (Å²) in [5.41, 5.74) is -0.921. The van der Waals surface area contributed by atoms with E-state index in [-0.39, 0.29) is 23.5 Å². The summed E-state index contributed by atoms with van der Waals surface area (Å²) in [5.74, 6) is -7.82. The zero-order valence-corrected chi connectivity index (χ0v) is 19.6.